The maximum absolute atomic E-state index is 12.2. The molecule has 8 nitrogen and oxygen atoms in total. The minimum atomic E-state index is -0.646. The van der Waals surface area contributed by atoms with Crippen molar-refractivity contribution >= 4 is 5.91 Å². The number of amides is 1. The van der Waals surface area contributed by atoms with Gasteiger partial charge in [0.05, 0.1) is 17.8 Å². The second-order valence-corrected chi connectivity index (χ2v) is 7.05. The number of nitrogens with zero attached hydrogens (tertiary/aromatic N) is 4. The van der Waals surface area contributed by atoms with Gasteiger partial charge in [-0.15, -0.1) is 0 Å². The molecule has 2 N–H and O–H groups in total. The molecule has 0 spiro atoms. The summed E-state index contributed by atoms with van der Waals surface area (Å²) >= 11 is 0. The number of likely N-dealkylation sites (tertiary alicyclic amines) is 1. The summed E-state index contributed by atoms with van der Waals surface area (Å²) in [6, 6.07) is 3.18. The Hall–Kier alpha value is -2.32. The van der Waals surface area contributed by atoms with Crippen molar-refractivity contribution in [1.82, 2.24) is 25.3 Å². The van der Waals surface area contributed by atoms with Gasteiger partial charge in [-0.2, -0.15) is 0 Å². The lowest BCUT2D eigenvalue weighted by Crippen LogP contribution is -2.53. The third-order valence-corrected chi connectivity index (χ3v) is 4.48. The Labute approximate surface area is 152 Å². The zero-order chi connectivity index (χ0) is 18.7. The molecule has 1 aliphatic rings. The number of aromatic nitrogens is 3. The molecule has 1 fully saturated rings. The molecule has 140 valence electrons. The summed E-state index contributed by atoms with van der Waals surface area (Å²) in [7, 11) is 0. The van der Waals surface area contributed by atoms with Crippen molar-refractivity contribution in [3.63, 3.8) is 0 Å². The van der Waals surface area contributed by atoms with Gasteiger partial charge in [-0.25, -0.2) is 9.97 Å². The molecule has 1 saturated heterocycles. The van der Waals surface area contributed by atoms with E-state index in [-0.39, 0.29) is 23.6 Å². The summed E-state index contributed by atoms with van der Waals surface area (Å²) in [4.78, 5) is 23.2. The zero-order valence-corrected chi connectivity index (χ0v) is 15.3. The first-order valence-corrected chi connectivity index (χ1v) is 8.89. The van der Waals surface area contributed by atoms with E-state index in [4.69, 9.17) is 4.52 Å². The summed E-state index contributed by atoms with van der Waals surface area (Å²) < 4.78 is 4.92. The van der Waals surface area contributed by atoms with Crippen LogP contribution in [0.3, 0.4) is 0 Å². The van der Waals surface area contributed by atoms with Crippen molar-refractivity contribution in [3.05, 3.63) is 41.3 Å². The molecule has 2 atom stereocenters. The fraction of sp³-hybridized carbons (Fsp3) is 0.556. The summed E-state index contributed by atoms with van der Waals surface area (Å²) in [5.41, 5.74) is 1.18. The molecule has 3 heterocycles. The number of hydrogen-bond donors (Lipinski definition) is 2. The van der Waals surface area contributed by atoms with Gasteiger partial charge in [0, 0.05) is 37.8 Å². The summed E-state index contributed by atoms with van der Waals surface area (Å²) in [5, 5.41) is 17.0. The van der Waals surface area contributed by atoms with E-state index in [2.05, 4.69) is 39.2 Å². The van der Waals surface area contributed by atoms with Gasteiger partial charge in [-0.05, 0) is 19.4 Å². The first-order chi connectivity index (χ1) is 12.4. The Morgan fingerprint density at radius 3 is 2.96 bits per heavy atom. The van der Waals surface area contributed by atoms with Gasteiger partial charge in [-0.3, -0.25) is 9.69 Å². The SMILES string of the molecule is Cc1cc(C(=O)N[C@@H]2CCN(Cc3ccnc(C(C)C)n3)C[C@H]2O)no1. The van der Waals surface area contributed by atoms with Gasteiger partial charge < -0.3 is 14.9 Å². The van der Waals surface area contributed by atoms with Crippen molar-refractivity contribution in [1.29, 1.82) is 0 Å². The molecule has 0 aromatic carbocycles. The van der Waals surface area contributed by atoms with Crippen molar-refractivity contribution in [2.24, 2.45) is 0 Å². The third kappa shape index (κ3) is 4.44. The molecule has 2 aromatic rings. The predicted octanol–water partition coefficient (Wildman–Crippen LogP) is 1.26. The van der Waals surface area contributed by atoms with E-state index in [1.165, 1.54) is 0 Å². The van der Waals surface area contributed by atoms with Crippen LogP contribution in [0.5, 0.6) is 0 Å². The van der Waals surface area contributed by atoms with Gasteiger partial charge in [0.2, 0.25) is 0 Å². The van der Waals surface area contributed by atoms with Crippen LogP contribution in [0.4, 0.5) is 0 Å². The van der Waals surface area contributed by atoms with Crippen LogP contribution in [-0.4, -0.2) is 56.3 Å². The van der Waals surface area contributed by atoms with E-state index in [9.17, 15) is 9.90 Å². The van der Waals surface area contributed by atoms with Crippen molar-refractivity contribution in [3.8, 4) is 0 Å². The summed E-state index contributed by atoms with van der Waals surface area (Å²) in [6.07, 6.45) is 1.79. The Kier molecular flexibility index (Phi) is 5.63. The third-order valence-electron chi connectivity index (χ3n) is 4.48. The van der Waals surface area contributed by atoms with Gasteiger partial charge in [0.25, 0.3) is 5.91 Å². The lowest BCUT2D eigenvalue weighted by Gasteiger charge is -2.36. The summed E-state index contributed by atoms with van der Waals surface area (Å²) in [5.74, 6) is 1.36. The topological polar surface area (TPSA) is 104 Å². The largest absolute Gasteiger partial charge is 0.390 e. The highest BCUT2D eigenvalue weighted by Crippen LogP contribution is 2.16. The molecule has 8 heteroatoms. The quantitative estimate of drug-likeness (QED) is 0.828. The number of piperidine rings is 1. The van der Waals surface area contributed by atoms with E-state index in [1.54, 1.807) is 19.2 Å². The monoisotopic (exact) mass is 359 g/mol. The van der Waals surface area contributed by atoms with Gasteiger partial charge in [0.1, 0.15) is 11.6 Å². The number of nitrogens with one attached hydrogen (secondary N) is 1. The molecule has 0 unspecified atom stereocenters. The first kappa shape index (κ1) is 18.5. The van der Waals surface area contributed by atoms with E-state index in [1.807, 2.05) is 6.07 Å². The number of hydrogen-bond acceptors (Lipinski definition) is 7. The Balaban J connectivity index is 1.55. The minimum Gasteiger partial charge on any atom is -0.390 e. The molecule has 1 amide bonds. The Bertz CT molecular complexity index is 761. The number of rotatable bonds is 5. The molecule has 2 aromatic heterocycles. The van der Waals surface area contributed by atoms with Crippen LogP contribution in [0.2, 0.25) is 0 Å². The number of aliphatic hydroxyl groups excluding tert-OH is 1. The lowest BCUT2D eigenvalue weighted by atomic mass is 10.0. The van der Waals surface area contributed by atoms with Crippen LogP contribution in [-0.2, 0) is 6.54 Å². The van der Waals surface area contributed by atoms with Crippen LogP contribution in [0.25, 0.3) is 0 Å². The molecule has 26 heavy (non-hydrogen) atoms. The fourth-order valence-corrected chi connectivity index (χ4v) is 3.03. The van der Waals surface area contributed by atoms with Gasteiger partial charge in [-0.1, -0.05) is 19.0 Å². The smallest absolute Gasteiger partial charge is 0.273 e. The molecule has 0 bridgehead atoms. The van der Waals surface area contributed by atoms with E-state index < -0.39 is 6.10 Å². The first-order valence-electron chi connectivity index (χ1n) is 8.89. The maximum Gasteiger partial charge on any atom is 0.273 e. The number of β-amino-alcohol motifs (C(OH)–C–C–N with tert-alkyl or cyclic N) is 1. The molecular formula is C18H25N5O3. The number of aryl methyl sites for hydroxylation is 1. The molecule has 0 saturated carbocycles. The summed E-state index contributed by atoms with van der Waals surface area (Å²) in [6.45, 7) is 7.75. The average molecular weight is 359 g/mol. The van der Waals surface area contributed by atoms with E-state index in [0.717, 1.165) is 18.1 Å². The zero-order valence-electron chi connectivity index (χ0n) is 15.3. The Morgan fingerprint density at radius 2 is 2.31 bits per heavy atom. The molecule has 1 aliphatic heterocycles. The second-order valence-electron chi connectivity index (χ2n) is 7.05. The normalized spacial score (nSPS) is 21.1. The van der Waals surface area contributed by atoms with Gasteiger partial charge in [0.15, 0.2) is 5.69 Å². The lowest BCUT2D eigenvalue weighted by molar-refractivity contribution is 0.0343. The number of carbonyl (C=O) groups is 1. The fourth-order valence-electron chi connectivity index (χ4n) is 3.03. The van der Waals surface area contributed by atoms with E-state index >= 15 is 0 Å². The highest BCUT2D eigenvalue weighted by molar-refractivity contribution is 5.92. The van der Waals surface area contributed by atoms with Crippen LogP contribution in [0, 0.1) is 6.92 Å². The van der Waals surface area contributed by atoms with Crippen molar-refractivity contribution in [2.45, 2.75) is 51.8 Å². The maximum atomic E-state index is 12.2. The van der Waals surface area contributed by atoms with E-state index in [0.29, 0.717) is 25.3 Å². The number of carbonyl (C=O) groups excluding carboxylic acids is 1. The van der Waals surface area contributed by atoms with Crippen LogP contribution < -0.4 is 5.32 Å². The van der Waals surface area contributed by atoms with Gasteiger partial charge >= 0.3 is 0 Å². The molecular weight excluding hydrogens is 334 g/mol. The molecule has 3 rings (SSSR count). The molecule has 0 radical (unpaired) electrons. The van der Waals surface area contributed by atoms with Crippen molar-refractivity contribution < 1.29 is 14.4 Å². The Morgan fingerprint density at radius 1 is 1.50 bits per heavy atom. The van der Waals surface area contributed by atoms with Crippen LogP contribution >= 0.6 is 0 Å². The highest BCUT2D eigenvalue weighted by atomic mass is 16.5. The highest BCUT2D eigenvalue weighted by Gasteiger charge is 2.30. The minimum absolute atomic E-state index is 0.235. The van der Waals surface area contributed by atoms with Crippen LogP contribution in [0.1, 0.15) is 54.0 Å². The standard InChI is InChI=1S/C18H25N5O3/c1-11(2)17-19-6-4-13(20-17)9-23-7-5-14(16(24)10-23)21-18(25)15-8-12(3)26-22-15/h4,6,8,11,14,16,24H,5,7,9-10H2,1-3H3,(H,21,25)/t14-,16-/m1/s1. The predicted molar refractivity (Wildman–Crippen MR) is 94.5 cm³/mol. The number of aliphatic hydroxyl groups is 1. The average Bonchev–Trinajstić information content (AvgIpc) is 3.04. The second kappa shape index (κ2) is 7.92. The molecule has 0 aliphatic carbocycles. The van der Waals surface area contributed by atoms with Crippen molar-refractivity contribution in [2.75, 3.05) is 13.1 Å². The van der Waals surface area contributed by atoms with Crippen LogP contribution in [0.15, 0.2) is 22.9 Å².